The number of hydrogen-bond acceptors (Lipinski definition) is 7. The Morgan fingerprint density at radius 3 is 2.90 bits per heavy atom. The summed E-state index contributed by atoms with van der Waals surface area (Å²) in [5.41, 5.74) is 2.50. The highest BCUT2D eigenvalue weighted by Gasteiger charge is 2.33. The molecule has 0 spiro atoms. The summed E-state index contributed by atoms with van der Waals surface area (Å²) in [6.45, 7) is 2.54. The van der Waals surface area contributed by atoms with Gasteiger partial charge in [0.25, 0.3) is 0 Å². The standard InChI is InChI=1S/C20H24FN5O5/c1-12(28)22-5-16-9-26(20(30)31-16)14-2-3-19(17(21)4-14)24-6-13-7-25(8-15(29)11-27)23-18(13)10-24/h2-4,7,15-16,27,29H,5-6,8-11H2,1H3,(H,22,28)/t15-,16-/m0/s1. The lowest BCUT2D eigenvalue weighted by Crippen LogP contribution is -2.33. The molecule has 2 atom stereocenters. The van der Waals surface area contributed by atoms with Gasteiger partial charge in [-0.15, -0.1) is 0 Å². The summed E-state index contributed by atoms with van der Waals surface area (Å²) in [6, 6.07) is 4.58. The quantitative estimate of drug-likeness (QED) is 0.577. The van der Waals surface area contributed by atoms with E-state index < -0.39 is 24.1 Å². The van der Waals surface area contributed by atoms with E-state index in [1.807, 2.05) is 4.90 Å². The number of aromatic nitrogens is 2. The first kappa shape index (κ1) is 21.1. The van der Waals surface area contributed by atoms with Crippen LogP contribution in [0, 0.1) is 5.82 Å². The van der Waals surface area contributed by atoms with Gasteiger partial charge in [0.2, 0.25) is 5.91 Å². The number of aliphatic hydroxyl groups excluding tert-OH is 2. The van der Waals surface area contributed by atoms with Gasteiger partial charge in [0.05, 0.1) is 56.0 Å². The molecule has 10 nitrogen and oxygen atoms in total. The number of benzene rings is 1. The van der Waals surface area contributed by atoms with Crippen LogP contribution in [-0.2, 0) is 29.2 Å². The normalized spacial score (nSPS) is 18.8. The Bertz CT molecular complexity index is 973. The van der Waals surface area contributed by atoms with Gasteiger partial charge in [-0.2, -0.15) is 5.10 Å². The highest BCUT2D eigenvalue weighted by molar-refractivity contribution is 5.90. The van der Waals surface area contributed by atoms with Crippen molar-refractivity contribution in [3.05, 3.63) is 41.5 Å². The van der Waals surface area contributed by atoms with Gasteiger partial charge in [0, 0.05) is 25.2 Å². The number of hydrogen-bond donors (Lipinski definition) is 3. The fourth-order valence-corrected chi connectivity index (χ4v) is 3.76. The smallest absolute Gasteiger partial charge is 0.414 e. The number of fused-ring (bicyclic) bond motifs is 1. The van der Waals surface area contributed by atoms with Crippen LogP contribution in [0.25, 0.3) is 0 Å². The molecule has 2 amide bonds. The zero-order valence-electron chi connectivity index (χ0n) is 17.0. The van der Waals surface area contributed by atoms with Gasteiger partial charge in [-0.3, -0.25) is 14.4 Å². The predicted octanol–water partition coefficient (Wildman–Crippen LogP) is 0.357. The van der Waals surface area contributed by atoms with Crippen molar-refractivity contribution in [1.82, 2.24) is 15.1 Å². The minimum Gasteiger partial charge on any atom is -0.442 e. The Balaban J connectivity index is 1.42. The summed E-state index contributed by atoms with van der Waals surface area (Å²) in [4.78, 5) is 26.4. The number of nitrogens with one attached hydrogen (secondary N) is 1. The number of cyclic esters (lactones) is 1. The lowest BCUT2D eigenvalue weighted by Gasteiger charge is -2.21. The van der Waals surface area contributed by atoms with Crippen LogP contribution >= 0.6 is 0 Å². The van der Waals surface area contributed by atoms with Gasteiger partial charge in [-0.25, -0.2) is 9.18 Å². The summed E-state index contributed by atoms with van der Waals surface area (Å²) in [6.07, 6.45) is -0.163. The van der Waals surface area contributed by atoms with E-state index in [1.165, 1.54) is 17.9 Å². The lowest BCUT2D eigenvalue weighted by atomic mass is 10.2. The molecule has 11 heteroatoms. The van der Waals surface area contributed by atoms with E-state index in [9.17, 15) is 19.1 Å². The molecule has 31 heavy (non-hydrogen) atoms. The molecule has 3 heterocycles. The van der Waals surface area contributed by atoms with Gasteiger partial charge < -0.3 is 25.2 Å². The Kier molecular flexibility index (Phi) is 5.79. The van der Waals surface area contributed by atoms with Gasteiger partial charge in [-0.1, -0.05) is 0 Å². The molecule has 0 aliphatic carbocycles. The van der Waals surface area contributed by atoms with E-state index >= 15 is 0 Å². The van der Waals surface area contributed by atoms with Crippen LogP contribution in [0.1, 0.15) is 18.2 Å². The monoisotopic (exact) mass is 433 g/mol. The van der Waals surface area contributed by atoms with E-state index in [1.54, 1.807) is 23.0 Å². The topological polar surface area (TPSA) is 120 Å². The third kappa shape index (κ3) is 4.47. The molecular formula is C20H24FN5O5. The lowest BCUT2D eigenvalue weighted by molar-refractivity contribution is -0.119. The molecule has 0 bridgehead atoms. The van der Waals surface area contributed by atoms with Crippen LogP contribution in [-0.4, -0.2) is 63.9 Å². The Morgan fingerprint density at radius 2 is 2.23 bits per heavy atom. The minimum absolute atomic E-state index is 0.196. The number of nitrogens with zero attached hydrogens (tertiary/aromatic N) is 4. The molecule has 166 valence electrons. The van der Waals surface area contributed by atoms with E-state index in [-0.39, 0.29) is 32.1 Å². The summed E-state index contributed by atoms with van der Waals surface area (Å²) in [5, 5.41) is 25.5. The molecule has 2 aliphatic heterocycles. The average Bonchev–Trinajstić information content (AvgIpc) is 3.39. The number of carbonyl (C=O) groups excluding carboxylic acids is 2. The SMILES string of the molecule is CC(=O)NC[C@H]1CN(c2ccc(N3Cc4cn(C[C@H](O)CO)nc4C3)c(F)c2)C(=O)O1. The van der Waals surface area contributed by atoms with Gasteiger partial charge >= 0.3 is 6.09 Å². The summed E-state index contributed by atoms with van der Waals surface area (Å²) >= 11 is 0. The van der Waals surface area contributed by atoms with Gasteiger partial charge in [-0.05, 0) is 18.2 Å². The number of carbonyl (C=O) groups is 2. The molecule has 1 fully saturated rings. The van der Waals surface area contributed by atoms with Crippen molar-refractivity contribution in [1.29, 1.82) is 0 Å². The molecule has 0 saturated carbocycles. The third-order valence-corrected chi connectivity index (χ3v) is 5.27. The summed E-state index contributed by atoms with van der Waals surface area (Å²) in [7, 11) is 0. The highest BCUT2D eigenvalue weighted by atomic mass is 19.1. The predicted molar refractivity (Wildman–Crippen MR) is 108 cm³/mol. The molecule has 1 saturated heterocycles. The maximum absolute atomic E-state index is 14.9. The van der Waals surface area contributed by atoms with E-state index in [4.69, 9.17) is 9.84 Å². The molecule has 3 N–H and O–H groups in total. The first-order valence-corrected chi connectivity index (χ1v) is 9.95. The van der Waals surface area contributed by atoms with E-state index in [2.05, 4.69) is 10.4 Å². The number of ether oxygens (including phenoxy) is 1. The first-order chi connectivity index (χ1) is 14.8. The largest absolute Gasteiger partial charge is 0.442 e. The minimum atomic E-state index is -0.878. The number of rotatable bonds is 7. The van der Waals surface area contributed by atoms with Crippen LogP contribution in [0.15, 0.2) is 24.4 Å². The summed E-state index contributed by atoms with van der Waals surface area (Å²) < 4.78 is 21.7. The third-order valence-electron chi connectivity index (χ3n) is 5.27. The highest BCUT2D eigenvalue weighted by Crippen LogP contribution is 2.32. The maximum atomic E-state index is 14.9. The molecule has 2 aromatic rings. The number of halogens is 1. The fraction of sp³-hybridized carbons (Fsp3) is 0.450. The molecular weight excluding hydrogens is 409 g/mol. The molecule has 1 aromatic carbocycles. The van der Waals surface area contributed by atoms with Crippen LogP contribution in [0.4, 0.5) is 20.6 Å². The van der Waals surface area contributed by atoms with Crippen molar-refractivity contribution < 1.29 is 28.9 Å². The van der Waals surface area contributed by atoms with E-state index in [0.717, 1.165) is 11.3 Å². The van der Waals surface area contributed by atoms with Crippen molar-refractivity contribution in [2.45, 2.75) is 38.8 Å². The zero-order chi connectivity index (χ0) is 22.1. The maximum Gasteiger partial charge on any atom is 0.414 e. The van der Waals surface area contributed by atoms with Crippen molar-refractivity contribution in [3.63, 3.8) is 0 Å². The number of amides is 2. The second-order valence-corrected chi connectivity index (χ2v) is 7.70. The van der Waals surface area contributed by atoms with E-state index in [0.29, 0.717) is 24.5 Å². The van der Waals surface area contributed by atoms with Gasteiger partial charge in [0.1, 0.15) is 11.9 Å². The second kappa shape index (κ2) is 8.52. The summed E-state index contributed by atoms with van der Waals surface area (Å²) in [5.74, 6) is -0.683. The zero-order valence-corrected chi connectivity index (χ0v) is 17.0. The van der Waals surface area contributed by atoms with Crippen LogP contribution in [0.5, 0.6) is 0 Å². The molecule has 1 aromatic heterocycles. The van der Waals surface area contributed by atoms with Gasteiger partial charge in [0.15, 0.2) is 0 Å². The van der Waals surface area contributed by atoms with Crippen LogP contribution in [0.3, 0.4) is 0 Å². The fourth-order valence-electron chi connectivity index (χ4n) is 3.76. The van der Waals surface area contributed by atoms with Crippen molar-refractivity contribution in [3.8, 4) is 0 Å². The van der Waals surface area contributed by atoms with Crippen LogP contribution in [0.2, 0.25) is 0 Å². The molecule has 4 rings (SSSR count). The molecule has 0 radical (unpaired) electrons. The second-order valence-electron chi connectivity index (χ2n) is 7.70. The van der Waals surface area contributed by atoms with Crippen molar-refractivity contribution >= 4 is 23.4 Å². The van der Waals surface area contributed by atoms with Crippen molar-refractivity contribution in [2.75, 3.05) is 29.5 Å². The first-order valence-electron chi connectivity index (χ1n) is 9.95. The molecule has 2 aliphatic rings. The van der Waals surface area contributed by atoms with Crippen molar-refractivity contribution in [2.24, 2.45) is 0 Å². The Labute approximate surface area is 177 Å². The van der Waals surface area contributed by atoms with Crippen LogP contribution < -0.4 is 15.1 Å². The molecule has 0 unspecified atom stereocenters. The average molecular weight is 433 g/mol. The Morgan fingerprint density at radius 1 is 1.42 bits per heavy atom. The number of anilines is 2. The number of aliphatic hydroxyl groups is 2. The Hall–Kier alpha value is -3.18.